The largest absolute Gasteiger partial charge is 0.325 e. The monoisotopic (exact) mass is 273 g/mol. The summed E-state index contributed by atoms with van der Waals surface area (Å²) in [4.78, 5) is 0. The van der Waals surface area contributed by atoms with Crippen molar-refractivity contribution in [2.75, 3.05) is 0 Å². The summed E-state index contributed by atoms with van der Waals surface area (Å²) >= 11 is 0. The molecule has 1 aromatic carbocycles. The molecule has 1 saturated carbocycles. The number of hydrogen-bond donors (Lipinski definition) is 1. The maximum absolute atomic E-state index is 6.62. The van der Waals surface area contributed by atoms with Crippen molar-refractivity contribution in [3.8, 4) is 0 Å². The Labute approximate surface area is 125 Å². The van der Waals surface area contributed by atoms with Crippen LogP contribution in [0.25, 0.3) is 0 Å². The minimum Gasteiger partial charge on any atom is -0.325 e. The first-order valence-electron chi connectivity index (χ1n) is 8.61. The number of hydrogen-bond acceptors (Lipinski definition) is 1. The van der Waals surface area contributed by atoms with Gasteiger partial charge < -0.3 is 5.73 Å². The van der Waals surface area contributed by atoms with Crippen LogP contribution >= 0.6 is 0 Å². The Morgan fingerprint density at radius 3 is 2.15 bits per heavy atom. The van der Waals surface area contributed by atoms with E-state index in [0.29, 0.717) is 0 Å². The van der Waals surface area contributed by atoms with E-state index in [2.05, 4.69) is 30.3 Å². The van der Waals surface area contributed by atoms with Crippen LogP contribution in [-0.2, 0) is 6.42 Å². The maximum Gasteiger partial charge on any atom is 0.0154 e. The highest BCUT2D eigenvalue weighted by Crippen LogP contribution is 2.28. The highest BCUT2D eigenvalue weighted by molar-refractivity contribution is 5.14. The number of aryl methyl sites for hydroxylation is 1. The van der Waals surface area contributed by atoms with Gasteiger partial charge in [-0.05, 0) is 37.7 Å². The lowest BCUT2D eigenvalue weighted by Gasteiger charge is -2.31. The molecule has 0 heterocycles. The molecule has 0 aliphatic heterocycles. The topological polar surface area (TPSA) is 26.0 Å². The summed E-state index contributed by atoms with van der Waals surface area (Å²) < 4.78 is 0. The van der Waals surface area contributed by atoms with Crippen molar-refractivity contribution < 1.29 is 0 Å². The molecule has 112 valence electrons. The van der Waals surface area contributed by atoms with Crippen molar-refractivity contribution in [2.45, 2.75) is 82.6 Å². The van der Waals surface area contributed by atoms with Gasteiger partial charge in [-0.15, -0.1) is 0 Å². The highest BCUT2D eigenvalue weighted by atomic mass is 14.7. The first-order chi connectivity index (χ1) is 9.79. The molecule has 1 fully saturated rings. The fourth-order valence-electron chi connectivity index (χ4n) is 3.49. The van der Waals surface area contributed by atoms with E-state index in [1.165, 1.54) is 82.6 Å². The molecule has 0 spiro atoms. The van der Waals surface area contributed by atoms with E-state index in [9.17, 15) is 0 Å². The van der Waals surface area contributed by atoms with Crippen LogP contribution in [0.3, 0.4) is 0 Å². The van der Waals surface area contributed by atoms with E-state index >= 15 is 0 Å². The summed E-state index contributed by atoms with van der Waals surface area (Å²) in [7, 11) is 0. The second-order valence-corrected chi connectivity index (χ2v) is 6.68. The summed E-state index contributed by atoms with van der Waals surface area (Å²) in [5.41, 5.74) is 8.25. The average molecular weight is 273 g/mol. The molecule has 1 heteroatoms. The summed E-state index contributed by atoms with van der Waals surface area (Å²) in [5.74, 6) is 0. The lowest BCUT2D eigenvalue weighted by atomic mass is 9.81. The van der Waals surface area contributed by atoms with Crippen molar-refractivity contribution in [1.82, 2.24) is 0 Å². The van der Waals surface area contributed by atoms with Gasteiger partial charge in [0.1, 0.15) is 0 Å². The lowest BCUT2D eigenvalue weighted by molar-refractivity contribution is 0.289. The van der Waals surface area contributed by atoms with Crippen LogP contribution in [0.15, 0.2) is 30.3 Å². The molecule has 0 unspecified atom stereocenters. The predicted octanol–water partition coefficient (Wildman–Crippen LogP) is 5.23. The Morgan fingerprint density at radius 1 is 0.800 bits per heavy atom. The third-order valence-electron chi connectivity index (χ3n) is 4.83. The molecule has 1 aliphatic carbocycles. The van der Waals surface area contributed by atoms with E-state index in [1.807, 2.05) is 0 Å². The van der Waals surface area contributed by atoms with Crippen molar-refractivity contribution in [1.29, 1.82) is 0 Å². The second-order valence-electron chi connectivity index (χ2n) is 6.68. The Hall–Kier alpha value is -0.820. The van der Waals surface area contributed by atoms with Crippen LogP contribution in [0.2, 0.25) is 0 Å². The van der Waals surface area contributed by atoms with Gasteiger partial charge in [-0.25, -0.2) is 0 Å². The van der Waals surface area contributed by atoms with E-state index < -0.39 is 0 Å². The molecule has 0 aromatic heterocycles. The van der Waals surface area contributed by atoms with Crippen LogP contribution in [0, 0.1) is 0 Å². The molecular formula is C19H31N. The Kier molecular flexibility index (Phi) is 6.59. The first-order valence-corrected chi connectivity index (χ1v) is 8.61. The minimum absolute atomic E-state index is 0.160. The standard InChI is InChI=1S/C19H31N/c20-19(15-9-2-1-3-10-16-19)17-11-5-8-14-18-12-6-4-7-13-18/h4,6-7,12-13H,1-3,5,8-11,14-17,20H2. The zero-order chi connectivity index (χ0) is 14.1. The van der Waals surface area contributed by atoms with Gasteiger partial charge in [0.25, 0.3) is 0 Å². The number of unbranched alkanes of at least 4 members (excludes halogenated alkanes) is 2. The molecule has 2 rings (SSSR count). The molecule has 0 radical (unpaired) electrons. The van der Waals surface area contributed by atoms with Gasteiger partial charge in [-0.1, -0.05) is 75.3 Å². The number of nitrogens with two attached hydrogens (primary N) is 1. The smallest absolute Gasteiger partial charge is 0.0154 e. The van der Waals surface area contributed by atoms with E-state index in [4.69, 9.17) is 5.73 Å². The highest BCUT2D eigenvalue weighted by Gasteiger charge is 2.24. The summed E-state index contributed by atoms with van der Waals surface area (Å²) in [6.07, 6.45) is 15.8. The van der Waals surface area contributed by atoms with Crippen LogP contribution in [0.1, 0.15) is 76.2 Å². The van der Waals surface area contributed by atoms with Gasteiger partial charge in [0.2, 0.25) is 0 Å². The molecule has 0 bridgehead atoms. The predicted molar refractivity (Wildman–Crippen MR) is 87.9 cm³/mol. The molecule has 0 amide bonds. The second kappa shape index (κ2) is 8.46. The third-order valence-corrected chi connectivity index (χ3v) is 4.83. The van der Waals surface area contributed by atoms with Crippen molar-refractivity contribution in [3.05, 3.63) is 35.9 Å². The molecule has 1 aliphatic rings. The van der Waals surface area contributed by atoms with Crippen LogP contribution in [0.4, 0.5) is 0 Å². The zero-order valence-electron chi connectivity index (χ0n) is 12.9. The molecular weight excluding hydrogens is 242 g/mol. The number of benzene rings is 1. The molecule has 0 atom stereocenters. The van der Waals surface area contributed by atoms with Crippen molar-refractivity contribution >= 4 is 0 Å². The van der Waals surface area contributed by atoms with Gasteiger partial charge >= 0.3 is 0 Å². The zero-order valence-corrected chi connectivity index (χ0v) is 12.9. The summed E-state index contributed by atoms with van der Waals surface area (Å²) in [6, 6.07) is 10.8. The van der Waals surface area contributed by atoms with E-state index in [1.54, 1.807) is 0 Å². The normalized spacial score (nSPS) is 19.2. The molecule has 2 N–H and O–H groups in total. The Balaban J connectivity index is 1.61. The van der Waals surface area contributed by atoms with Crippen molar-refractivity contribution in [2.24, 2.45) is 5.73 Å². The van der Waals surface area contributed by atoms with Gasteiger partial charge in [0.15, 0.2) is 0 Å². The maximum atomic E-state index is 6.62. The SMILES string of the molecule is NC1(CCCCCc2ccccc2)CCCCCCC1. The van der Waals surface area contributed by atoms with Crippen molar-refractivity contribution in [3.63, 3.8) is 0 Å². The van der Waals surface area contributed by atoms with Crippen LogP contribution < -0.4 is 5.73 Å². The van der Waals surface area contributed by atoms with Gasteiger partial charge in [-0.3, -0.25) is 0 Å². The fraction of sp³-hybridized carbons (Fsp3) is 0.684. The third kappa shape index (κ3) is 5.66. The first kappa shape index (κ1) is 15.6. The van der Waals surface area contributed by atoms with Crippen LogP contribution in [0.5, 0.6) is 0 Å². The quantitative estimate of drug-likeness (QED) is 0.705. The van der Waals surface area contributed by atoms with Crippen LogP contribution in [-0.4, -0.2) is 5.54 Å². The average Bonchev–Trinajstić information content (AvgIpc) is 2.44. The fourth-order valence-corrected chi connectivity index (χ4v) is 3.49. The molecule has 0 saturated heterocycles. The van der Waals surface area contributed by atoms with E-state index in [-0.39, 0.29) is 5.54 Å². The summed E-state index contributed by atoms with van der Waals surface area (Å²) in [5, 5.41) is 0. The Bertz CT molecular complexity index is 349. The molecule has 1 nitrogen and oxygen atoms in total. The number of rotatable bonds is 6. The van der Waals surface area contributed by atoms with Gasteiger partial charge in [0.05, 0.1) is 0 Å². The minimum atomic E-state index is 0.160. The van der Waals surface area contributed by atoms with Gasteiger partial charge in [-0.2, -0.15) is 0 Å². The van der Waals surface area contributed by atoms with E-state index in [0.717, 1.165) is 0 Å². The molecule has 1 aromatic rings. The summed E-state index contributed by atoms with van der Waals surface area (Å²) in [6.45, 7) is 0. The lowest BCUT2D eigenvalue weighted by Crippen LogP contribution is -2.40. The van der Waals surface area contributed by atoms with Gasteiger partial charge in [0, 0.05) is 5.54 Å². The Morgan fingerprint density at radius 2 is 1.45 bits per heavy atom. The molecule has 20 heavy (non-hydrogen) atoms.